The van der Waals surface area contributed by atoms with Crippen molar-refractivity contribution >= 4 is 0 Å². The van der Waals surface area contributed by atoms with Gasteiger partial charge in [-0.1, -0.05) is 51.2 Å². The summed E-state index contributed by atoms with van der Waals surface area (Å²) in [5.74, 6) is 2.47. The third kappa shape index (κ3) is 6.58. The molecule has 0 radical (unpaired) electrons. The summed E-state index contributed by atoms with van der Waals surface area (Å²) >= 11 is 0. The smallest absolute Gasteiger partial charge is 0.159 e. The molecule has 4 heteroatoms. The van der Waals surface area contributed by atoms with Gasteiger partial charge in [0.1, 0.15) is 11.5 Å². The summed E-state index contributed by atoms with van der Waals surface area (Å²) in [5, 5.41) is 0. The van der Waals surface area contributed by atoms with Crippen molar-refractivity contribution < 1.29 is 9.47 Å². The first-order valence-electron chi connectivity index (χ1n) is 11.1. The van der Waals surface area contributed by atoms with Crippen LogP contribution in [0.5, 0.6) is 11.5 Å². The van der Waals surface area contributed by atoms with Gasteiger partial charge in [-0.2, -0.15) is 0 Å². The minimum Gasteiger partial charge on any atom is -0.494 e. The second kappa shape index (κ2) is 12.0. The fourth-order valence-electron chi connectivity index (χ4n) is 3.33. The van der Waals surface area contributed by atoms with Crippen LogP contribution < -0.4 is 9.47 Å². The molecule has 0 unspecified atom stereocenters. The molecule has 1 heterocycles. The van der Waals surface area contributed by atoms with Crippen molar-refractivity contribution in [2.75, 3.05) is 13.2 Å². The maximum absolute atomic E-state index is 5.86. The fraction of sp³-hybridized carbons (Fsp3) is 0.385. The van der Waals surface area contributed by atoms with Gasteiger partial charge in [-0.15, -0.1) is 0 Å². The first kappa shape index (κ1) is 21.8. The first-order valence-corrected chi connectivity index (χ1v) is 11.1. The number of benzene rings is 2. The van der Waals surface area contributed by atoms with Crippen LogP contribution in [0.15, 0.2) is 60.9 Å². The molecule has 30 heavy (non-hydrogen) atoms. The largest absolute Gasteiger partial charge is 0.494 e. The highest BCUT2D eigenvalue weighted by Crippen LogP contribution is 2.25. The molecular weight excluding hydrogens is 372 g/mol. The van der Waals surface area contributed by atoms with E-state index in [4.69, 9.17) is 9.47 Å². The lowest BCUT2D eigenvalue weighted by Crippen LogP contribution is -1.97. The molecule has 0 spiro atoms. The van der Waals surface area contributed by atoms with Crippen molar-refractivity contribution in [2.24, 2.45) is 0 Å². The van der Waals surface area contributed by atoms with Crippen LogP contribution >= 0.6 is 0 Å². The molecule has 0 aliphatic heterocycles. The maximum Gasteiger partial charge on any atom is 0.159 e. The van der Waals surface area contributed by atoms with Crippen molar-refractivity contribution in [3.8, 4) is 34.0 Å². The van der Waals surface area contributed by atoms with E-state index in [2.05, 4.69) is 16.9 Å². The molecule has 158 valence electrons. The first-order chi connectivity index (χ1) is 14.8. The number of ether oxygens (including phenoxy) is 2. The molecule has 4 nitrogen and oxygen atoms in total. The third-order valence-corrected chi connectivity index (χ3v) is 5.01. The molecule has 3 rings (SSSR count). The summed E-state index contributed by atoms with van der Waals surface area (Å²) in [6, 6.07) is 16.0. The summed E-state index contributed by atoms with van der Waals surface area (Å²) in [6.07, 6.45) is 11.3. The van der Waals surface area contributed by atoms with Crippen LogP contribution in [0.2, 0.25) is 0 Å². The van der Waals surface area contributed by atoms with Gasteiger partial charge in [-0.25, -0.2) is 9.97 Å². The fourth-order valence-corrected chi connectivity index (χ4v) is 3.33. The quantitative estimate of drug-likeness (QED) is 0.306. The van der Waals surface area contributed by atoms with Crippen LogP contribution in [0.3, 0.4) is 0 Å². The molecule has 3 aromatic rings. The van der Waals surface area contributed by atoms with E-state index in [1.807, 2.05) is 67.8 Å². The molecule has 0 saturated heterocycles. The van der Waals surface area contributed by atoms with Crippen LogP contribution in [0.4, 0.5) is 0 Å². The topological polar surface area (TPSA) is 44.2 Å². The second-order valence-electron chi connectivity index (χ2n) is 7.40. The minimum atomic E-state index is 0.650. The summed E-state index contributed by atoms with van der Waals surface area (Å²) in [7, 11) is 0. The van der Waals surface area contributed by atoms with E-state index < -0.39 is 0 Å². The Morgan fingerprint density at radius 1 is 0.667 bits per heavy atom. The predicted octanol–water partition coefficient (Wildman–Crippen LogP) is 6.95. The normalized spacial score (nSPS) is 10.7. The maximum atomic E-state index is 5.86. The van der Waals surface area contributed by atoms with Gasteiger partial charge in [0, 0.05) is 23.5 Å². The molecule has 0 saturated carbocycles. The van der Waals surface area contributed by atoms with Gasteiger partial charge in [-0.05, 0) is 55.3 Å². The van der Waals surface area contributed by atoms with Gasteiger partial charge >= 0.3 is 0 Å². The molecule has 0 aliphatic carbocycles. The summed E-state index contributed by atoms with van der Waals surface area (Å²) in [5.41, 5.74) is 3.00. The lowest BCUT2D eigenvalue weighted by Gasteiger charge is -2.08. The number of rotatable bonds is 12. The molecule has 0 bridgehead atoms. The van der Waals surface area contributed by atoms with Crippen molar-refractivity contribution in [3.63, 3.8) is 0 Å². The van der Waals surface area contributed by atoms with Crippen LogP contribution in [-0.2, 0) is 0 Å². The monoisotopic (exact) mass is 404 g/mol. The van der Waals surface area contributed by atoms with E-state index in [9.17, 15) is 0 Å². The van der Waals surface area contributed by atoms with E-state index in [1.165, 1.54) is 32.1 Å². The molecule has 1 aromatic heterocycles. The number of hydrogen-bond donors (Lipinski definition) is 0. The van der Waals surface area contributed by atoms with Crippen molar-refractivity contribution in [2.45, 2.75) is 52.4 Å². The Morgan fingerprint density at radius 3 is 2.13 bits per heavy atom. The van der Waals surface area contributed by atoms with Gasteiger partial charge in [-0.3, -0.25) is 0 Å². The van der Waals surface area contributed by atoms with Gasteiger partial charge < -0.3 is 9.47 Å². The van der Waals surface area contributed by atoms with Crippen molar-refractivity contribution in [1.29, 1.82) is 0 Å². The Bertz CT molecular complexity index is 876. The molecule has 0 atom stereocenters. The summed E-state index contributed by atoms with van der Waals surface area (Å²) < 4.78 is 11.4. The lowest BCUT2D eigenvalue weighted by atomic mass is 10.1. The predicted molar refractivity (Wildman–Crippen MR) is 123 cm³/mol. The third-order valence-electron chi connectivity index (χ3n) is 5.01. The van der Waals surface area contributed by atoms with Crippen molar-refractivity contribution in [3.05, 3.63) is 60.9 Å². The van der Waals surface area contributed by atoms with E-state index in [-0.39, 0.29) is 0 Å². The van der Waals surface area contributed by atoms with Gasteiger partial charge in [0.05, 0.1) is 13.2 Å². The molecule has 0 amide bonds. The highest BCUT2D eigenvalue weighted by molar-refractivity contribution is 5.65. The van der Waals surface area contributed by atoms with E-state index in [0.717, 1.165) is 41.2 Å². The van der Waals surface area contributed by atoms with Crippen LogP contribution in [0, 0.1) is 0 Å². The zero-order chi connectivity index (χ0) is 21.0. The number of hydrogen-bond acceptors (Lipinski definition) is 4. The van der Waals surface area contributed by atoms with E-state index >= 15 is 0 Å². The molecule has 0 N–H and O–H groups in total. The van der Waals surface area contributed by atoms with Crippen molar-refractivity contribution in [1.82, 2.24) is 9.97 Å². The number of nitrogens with zero attached hydrogens (tertiary/aromatic N) is 2. The highest BCUT2D eigenvalue weighted by Gasteiger charge is 2.05. The van der Waals surface area contributed by atoms with Gasteiger partial charge in [0.25, 0.3) is 0 Å². The lowest BCUT2D eigenvalue weighted by molar-refractivity contribution is 0.304. The SMILES string of the molecule is CCCCCCCCOc1ccc(-c2ncc(-c3cccc(OCC)c3)cn2)cc1. The zero-order valence-corrected chi connectivity index (χ0v) is 18.1. The van der Waals surface area contributed by atoms with Crippen LogP contribution in [-0.4, -0.2) is 23.2 Å². The number of aromatic nitrogens is 2. The Morgan fingerprint density at radius 2 is 1.40 bits per heavy atom. The van der Waals surface area contributed by atoms with Gasteiger partial charge in [0.15, 0.2) is 5.82 Å². The van der Waals surface area contributed by atoms with Crippen LogP contribution in [0.25, 0.3) is 22.5 Å². The Balaban J connectivity index is 1.53. The molecular formula is C26H32N2O2. The molecule has 0 fully saturated rings. The average Bonchev–Trinajstić information content (AvgIpc) is 2.79. The second-order valence-corrected chi connectivity index (χ2v) is 7.40. The standard InChI is InChI=1S/C26H32N2O2/c1-3-5-6-7-8-9-17-30-24-15-13-21(14-16-24)26-27-19-23(20-28-26)22-11-10-12-25(18-22)29-4-2/h10-16,18-20H,3-9,17H2,1-2H3. The average molecular weight is 405 g/mol. The zero-order valence-electron chi connectivity index (χ0n) is 18.1. The highest BCUT2D eigenvalue weighted by atomic mass is 16.5. The van der Waals surface area contributed by atoms with Crippen LogP contribution in [0.1, 0.15) is 52.4 Å². The summed E-state index contributed by atoms with van der Waals surface area (Å²) in [4.78, 5) is 9.10. The minimum absolute atomic E-state index is 0.650. The summed E-state index contributed by atoms with van der Waals surface area (Å²) in [6.45, 7) is 5.65. The molecule has 0 aliphatic rings. The molecule has 2 aromatic carbocycles. The van der Waals surface area contributed by atoms with Gasteiger partial charge in [0.2, 0.25) is 0 Å². The Labute approximate surface area is 180 Å². The van der Waals surface area contributed by atoms with E-state index in [1.54, 1.807) is 0 Å². The Kier molecular flexibility index (Phi) is 8.70. The van der Waals surface area contributed by atoms with E-state index in [0.29, 0.717) is 12.4 Å². The Hall–Kier alpha value is -2.88. The number of unbranched alkanes of at least 4 members (excludes halogenated alkanes) is 5.